The van der Waals surface area contributed by atoms with Gasteiger partial charge in [0.25, 0.3) is 11.8 Å². The van der Waals surface area contributed by atoms with Gasteiger partial charge in [-0.15, -0.1) is 11.8 Å². The maximum atomic E-state index is 13.2. The van der Waals surface area contributed by atoms with Crippen molar-refractivity contribution in [3.05, 3.63) is 126 Å². The van der Waals surface area contributed by atoms with Crippen molar-refractivity contribution in [1.82, 2.24) is 5.32 Å². The molecule has 4 aromatic rings. The van der Waals surface area contributed by atoms with E-state index in [0.29, 0.717) is 22.7 Å². The summed E-state index contributed by atoms with van der Waals surface area (Å²) in [6.07, 6.45) is 1.63. The number of ether oxygens (including phenoxy) is 1. The van der Waals surface area contributed by atoms with Gasteiger partial charge in [-0.05, 0) is 79.2 Å². The highest BCUT2D eigenvalue weighted by Crippen LogP contribution is 2.26. The Balaban J connectivity index is 1.39. The lowest BCUT2D eigenvalue weighted by Gasteiger charge is -2.14. The highest BCUT2D eigenvalue weighted by Gasteiger charge is 2.17. The average molecular weight is 552 g/mol. The van der Waals surface area contributed by atoms with Crippen LogP contribution in [0.1, 0.15) is 22.8 Å². The van der Waals surface area contributed by atoms with Crippen LogP contribution < -0.4 is 20.7 Å². The minimum Gasteiger partial charge on any atom is -0.497 e. The van der Waals surface area contributed by atoms with Gasteiger partial charge in [0.2, 0.25) is 5.91 Å². The zero-order valence-corrected chi connectivity index (χ0v) is 22.9. The van der Waals surface area contributed by atoms with E-state index >= 15 is 0 Å². The maximum Gasteiger partial charge on any atom is 0.272 e. The quantitative estimate of drug-likeness (QED) is 0.161. The summed E-state index contributed by atoms with van der Waals surface area (Å²) in [5.74, 6) is -0.251. The second-order valence-corrected chi connectivity index (χ2v) is 10.2. The summed E-state index contributed by atoms with van der Waals surface area (Å²) in [6.45, 7) is 1.83. The van der Waals surface area contributed by atoms with Gasteiger partial charge in [0, 0.05) is 21.8 Å². The van der Waals surface area contributed by atoms with Crippen LogP contribution in [0.25, 0.3) is 6.08 Å². The Morgan fingerprint density at radius 1 is 0.750 bits per heavy atom. The Bertz CT molecular complexity index is 1470. The van der Waals surface area contributed by atoms with Crippen molar-refractivity contribution in [1.29, 1.82) is 0 Å². The third kappa shape index (κ3) is 8.09. The molecule has 0 aliphatic heterocycles. The van der Waals surface area contributed by atoms with Gasteiger partial charge in [-0.1, -0.05) is 48.5 Å². The Kier molecular flexibility index (Phi) is 9.74. The minimum absolute atomic E-state index is 0.113. The fourth-order valence-corrected chi connectivity index (χ4v) is 4.52. The molecule has 3 amide bonds. The van der Waals surface area contributed by atoms with E-state index in [-0.39, 0.29) is 22.8 Å². The smallest absolute Gasteiger partial charge is 0.272 e. The van der Waals surface area contributed by atoms with Crippen molar-refractivity contribution < 1.29 is 19.1 Å². The van der Waals surface area contributed by atoms with Crippen LogP contribution in [0.4, 0.5) is 11.4 Å². The molecule has 0 bridgehead atoms. The van der Waals surface area contributed by atoms with Crippen LogP contribution in [0, 0.1) is 0 Å². The molecule has 40 heavy (non-hydrogen) atoms. The number of hydrogen-bond acceptors (Lipinski definition) is 5. The first-order valence-corrected chi connectivity index (χ1v) is 13.5. The van der Waals surface area contributed by atoms with Crippen molar-refractivity contribution in [3.8, 4) is 5.75 Å². The molecule has 0 saturated heterocycles. The van der Waals surface area contributed by atoms with Crippen molar-refractivity contribution >= 4 is 46.9 Å². The normalized spacial score (nSPS) is 11.7. The van der Waals surface area contributed by atoms with Crippen LogP contribution in [0.15, 0.2) is 120 Å². The van der Waals surface area contributed by atoms with Gasteiger partial charge in [0.15, 0.2) is 0 Å². The fourth-order valence-electron chi connectivity index (χ4n) is 3.65. The predicted molar refractivity (Wildman–Crippen MR) is 160 cm³/mol. The molecule has 0 spiro atoms. The Morgan fingerprint density at radius 3 is 1.95 bits per heavy atom. The van der Waals surface area contributed by atoms with Crippen molar-refractivity contribution in [2.45, 2.75) is 17.1 Å². The second kappa shape index (κ2) is 13.8. The molecule has 7 nitrogen and oxygen atoms in total. The van der Waals surface area contributed by atoms with Gasteiger partial charge in [0.05, 0.1) is 12.4 Å². The molecule has 4 aromatic carbocycles. The van der Waals surface area contributed by atoms with Crippen molar-refractivity contribution in [3.63, 3.8) is 0 Å². The highest BCUT2D eigenvalue weighted by atomic mass is 32.2. The number of anilines is 2. The summed E-state index contributed by atoms with van der Waals surface area (Å²) in [4.78, 5) is 39.5. The third-order valence-corrected chi connectivity index (χ3v) is 6.90. The number of amides is 3. The fraction of sp³-hybridized carbons (Fsp3) is 0.0938. The zero-order chi connectivity index (χ0) is 28.3. The van der Waals surface area contributed by atoms with E-state index in [1.165, 1.54) is 11.8 Å². The maximum absolute atomic E-state index is 13.2. The molecule has 0 heterocycles. The molecule has 0 aromatic heterocycles. The second-order valence-electron chi connectivity index (χ2n) is 8.75. The van der Waals surface area contributed by atoms with Gasteiger partial charge in [0.1, 0.15) is 11.4 Å². The molecule has 3 N–H and O–H groups in total. The predicted octanol–water partition coefficient (Wildman–Crippen LogP) is 6.22. The summed E-state index contributed by atoms with van der Waals surface area (Å²) in [6, 6.07) is 32.3. The van der Waals surface area contributed by atoms with Gasteiger partial charge in [-0.25, -0.2) is 0 Å². The van der Waals surface area contributed by atoms with Gasteiger partial charge >= 0.3 is 0 Å². The monoisotopic (exact) mass is 551 g/mol. The van der Waals surface area contributed by atoms with Crippen LogP contribution in [0.5, 0.6) is 5.75 Å². The lowest BCUT2D eigenvalue weighted by molar-refractivity contribution is -0.115. The Labute approximate surface area is 237 Å². The summed E-state index contributed by atoms with van der Waals surface area (Å²) in [5.41, 5.74) is 2.57. The number of thioether (sulfide) groups is 1. The number of rotatable bonds is 10. The lowest BCUT2D eigenvalue weighted by Crippen LogP contribution is -2.30. The molecule has 0 radical (unpaired) electrons. The SMILES string of the molecule is COc1ccc(NC(=O)C(C)Sc2ccc(NC(=O)/C(=C/c3ccccc3)NC(=O)c3ccccc3)cc2)cc1. The summed E-state index contributed by atoms with van der Waals surface area (Å²) in [5, 5.41) is 8.12. The number of benzene rings is 4. The highest BCUT2D eigenvalue weighted by molar-refractivity contribution is 8.00. The molecule has 8 heteroatoms. The Hall–Kier alpha value is -4.82. The van der Waals surface area contributed by atoms with Crippen LogP contribution in [-0.4, -0.2) is 30.1 Å². The van der Waals surface area contributed by atoms with Crippen LogP contribution in [-0.2, 0) is 9.59 Å². The number of methoxy groups -OCH3 is 1. The van der Waals surface area contributed by atoms with Crippen molar-refractivity contribution in [2.24, 2.45) is 0 Å². The summed E-state index contributed by atoms with van der Waals surface area (Å²) >= 11 is 1.40. The van der Waals surface area contributed by atoms with E-state index in [9.17, 15) is 14.4 Å². The van der Waals surface area contributed by atoms with E-state index < -0.39 is 5.91 Å². The summed E-state index contributed by atoms with van der Waals surface area (Å²) in [7, 11) is 1.59. The van der Waals surface area contributed by atoms with E-state index in [1.807, 2.05) is 55.5 Å². The lowest BCUT2D eigenvalue weighted by atomic mass is 10.1. The minimum atomic E-state index is -0.458. The molecule has 4 rings (SSSR count). The zero-order valence-electron chi connectivity index (χ0n) is 22.1. The van der Waals surface area contributed by atoms with Gasteiger partial charge < -0.3 is 20.7 Å². The molecule has 1 atom stereocenters. The number of hydrogen-bond donors (Lipinski definition) is 3. The first-order valence-electron chi connectivity index (χ1n) is 12.6. The molecular weight excluding hydrogens is 522 g/mol. The van der Waals surface area contributed by atoms with E-state index in [4.69, 9.17) is 4.74 Å². The molecule has 0 fully saturated rings. The average Bonchev–Trinajstić information content (AvgIpc) is 2.99. The third-order valence-electron chi connectivity index (χ3n) is 5.79. The molecule has 1 unspecified atom stereocenters. The van der Waals surface area contributed by atoms with Gasteiger partial charge in [-0.2, -0.15) is 0 Å². The number of carbonyl (C=O) groups excluding carboxylic acids is 3. The Morgan fingerprint density at radius 2 is 1.32 bits per heavy atom. The molecule has 0 aliphatic carbocycles. The number of carbonyl (C=O) groups is 3. The first-order chi connectivity index (χ1) is 19.4. The number of nitrogens with one attached hydrogen (secondary N) is 3. The van der Waals surface area contributed by atoms with Crippen molar-refractivity contribution in [2.75, 3.05) is 17.7 Å². The molecule has 0 aliphatic rings. The largest absolute Gasteiger partial charge is 0.497 e. The van der Waals surface area contributed by atoms with Crippen LogP contribution >= 0.6 is 11.8 Å². The van der Waals surface area contributed by atoms with E-state index in [0.717, 1.165) is 10.5 Å². The molecular formula is C32H29N3O4S. The van der Waals surface area contributed by atoms with E-state index in [2.05, 4.69) is 16.0 Å². The molecule has 202 valence electrons. The topological polar surface area (TPSA) is 96.5 Å². The molecule has 0 saturated carbocycles. The first kappa shape index (κ1) is 28.2. The van der Waals surface area contributed by atoms with Crippen LogP contribution in [0.2, 0.25) is 0 Å². The standard InChI is InChI=1S/C32H29N3O4S/c1-22(30(36)33-25-13-17-27(39-2)18-14-25)40-28-19-15-26(16-20-28)34-32(38)29(21-23-9-5-3-6-10-23)35-31(37)24-11-7-4-8-12-24/h3-22H,1-2H3,(H,33,36)(H,34,38)(H,35,37)/b29-21-. The van der Waals surface area contributed by atoms with E-state index in [1.54, 1.807) is 73.8 Å². The van der Waals surface area contributed by atoms with Crippen LogP contribution in [0.3, 0.4) is 0 Å². The van der Waals surface area contributed by atoms with Gasteiger partial charge in [-0.3, -0.25) is 14.4 Å². The summed E-state index contributed by atoms with van der Waals surface area (Å²) < 4.78 is 5.14.